The van der Waals surface area contributed by atoms with E-state index in [1.807, 2.05) is 38.1 Å². The number of ketones is 1. The van der Waals surface area contributed by atoms with Gasteiger partial charge in [-0.1, -0.05) is 39.0 Å². The minimum atomic E-state index is -0.424. The molecular weight excluding hydrogens is 198 g/mol. The first kappa shape index (κ1) is 12.9. The van der Waals surface area contributed by atoms with Gasteiger partial charge < -0.3 is 5.73 Å². The maximum absolute atomic E-state index is 12.3. The van der Waals surface area contributed by atoms with Crippen LogP contribution in [0.25, 0.3) is 0 Å². The Balaban J connectivity index is 3.04. The zero-order valence-electron chi connectivity index (χ0n) is 10.4. The van der Waals surface area contributed by atoms with Crippen LogP contribution in [0, 0.1) is 5.41 Å². The summed E-state index contributed by atoms with van der Waals surface area (Å²) in [6.45, 7) is 6.44. The molecule has 1 aromatic rings. The molecule has 0 amide bonds. The molecule has 0 radical (unpaired) electrons. The second-order valence-electron chi connectivity index (χ2n) is 4.50. The van der Waals surface area contributed by atoms with Crippen LogP contribution in [-0.2, 0) is 6.42 Å². The smallest absolute Gasteiger partial charge is 0.169 e. The molecule has 1 atom stereocenters. The summed E-state index contributed by atoms with van der Waals surface area (Å²) in [5.41, 5.74) is 7.26. The highest BCUT2D eigenvalue weighted by Gasteiger charge is 2.30. The van der Waals surface area contributed by atoms with E-state index in [0.717, 1.165) is 18.4 Å². The highest BCUT2D eigenvalue weighted by molar-refractivity contribution is 6.00. The van der Waals surface area contributed by atoms with E-state index in [4.69, 9.17) is 5.73 Å². The Kier molecular flexibility index (Phi) is 4.25. The third kappa shape index (κ3) is 2.50. The molecule has 0 saturated heterocycles. The largest absolute Gasteiger partial charge is 0.329 e. The van der Waals surface area contributed by atoms with Crippen molar-refractivity contribution in [1.29, 1.82) is 0 Å². The van der Waals surface area contributed by atoms with Crippen molar-refractivity contribution in [2.24, 2.45) is 11.1 Å². The monoisotopic (exact) mass is 219 g/mol. The maximum Gasteiger partial charge on any atom is 0.169 e. The first-order valence-electron chi connectivity index (χ1n) is 5.91. The Morgan fingerprint density at radius 3 is 2.56 bits per heavy atom. The lowest BCUT2D eigenvalue weighted by Crippen LogP contribution is -2.35. The molecule has 0 spiro atoms. The van der Waals surface area contributed by atoms with Gasteiger partial charge in [0.15, 0.2) is 5.78 Å². The first-order valence-corrected chi connectivity index (χ1v) is 5.91. The molecule has 0 aromatic heterocycles. The van der Waals surface area contributed by atoms with Crippen LogP contribution >= 0.6 is 0 Å². The van der Waals surface area contributed by atoms with Crippen LogP contribution < -0.4 is 5.73 Å². The van der Waals surface area contributed by atoms with Crippen molar-refractivity contribution in [1.82, 2.24) is 0 Å². The fraction of sp³-hybridized carbons (Fsp3) is 0.500. The van der Waals surface area contributed by atoms with Crippen LogP contribution in [0.2, 0.25) is 0 Å². The summed E-state index contributed by atoms with van der Waals surface area (Å²) in [7, 11) is 0. The van der Waals surface area contributed by atoms with Gasteiger partial charge in [0, 0.05) is 17.5 Å². The van der Waals surface area contributed by atoms with Crippen molar-refractivity contribution in [3.8, 4) is 0 Å². The van der Waals surface area contributed by atoms with Gasteiger partial charge in [-0.25, -0.2) is 0 Å². The van der Waals surface area contributed by atoms with E-state index >= 15 is 0 Å². The number of hydrogen-bond acceptors (Lipinski definition) is 2. The molecule has 1 unspecified atom stereocenters. The van der Waals surface area contributed by atoms with Crippen LogP contribution in [0.3, 0.4) is 0 Å². The molecule has 88 valence electrons. The Hall–Kier alpha value is -1.15. The number of hydrogen-bond donors (Lipinski definition) is 1. The number of carbonyl (C=O) groups excluding carboxylic acids is 1. The number of carbonyl (C=O) groups is 1. The molecule has 0 heterocycles. The zero-order valence-corrected chi connectivity index (χ0v) is 10.4. The van der Waals surface area contributed by atoms with Gasteiger partial charge in [-0.3, -0.25) is 4.79 Å². The molecule has 16 heavy (non-hydrogen) atoms. The standard InChI is InChI=1S/C14H21NO/c1-4-11-7-6-8-12(9-11)13(16)14(3,5-2)10-15/h6-9H,4-5,10,15H2,1-3H3. The highest BCUT2D eigenvalue weighted by atomic mass is 16.1. The van der Waals surface area contributed by atoms with Crippen molar-refractivity contribution >= 4 is 5.78 Å². The van der Waals surface area contributed by atoms with E-state index in [0.29, 0.717) is 6.54 Å². The number of nitrogens with two attached hydrogens (primary N) is 1. The van der Waals surface area contributed by atoms with E-state index in [9.17, 15) is 4.79 Å². The number of benzene rings is 1. The van der Waals surface area contributed by atoms with E-state index < -0.39 is 5.41 Å². The van der Waals surface area contributed by atoms with Crippen LogP contribution in [0.15, 0.2) is 24.3 Å². The Morgan fingerprint density at radius 2 is 2.06 bits per heavy atom. The quantitative estimate of drug-likeness (QED) is 0.774. The van der Waals surface area contributed by atoms with Gasteiger partial charge in [-0.2, -0.15) is 0 Å². The topological polar surface area (TPSA) is 43.1 Å². The minimum absolute atomic E-state index is 0.160. The number of aryl methyl sites for hydroxylation is 1. The van der Waals surface area contributed by atoms with Crippen molar-refractivity contribution in [2.75, 3.05) is 6.54 Å². The van der Waals surface area contributed by atoms with Gasteiger partial charge in [0.05, 0.1) is 0 Å². The van der Waals surface area contributed by atoms with Crippen LogP contribution in [0.1, 0.15) is 43.1 Å². The summed E-state index contributed by atoms with van der Waals surface area (Å²) in [5, 5.41) is 0. The minimum Gasteiger partial charge on any atom is -0.329 e. The Bertz CT molecular complexity index is 367. The molecule has 2 nitrogen and oxygen atoms in total. The highest BCUT2D eigenvalue weighted by Crippen LogP contribution is 2.25. The van der Waals surface area contributed by atoms with Crippen molar-refractivity contribution in [3.05, 3.63) is 35.4 Å². The number of rotatable bonds is 5. The molecular formula is C14H21NO. The first-order chi connectivity index (χ1) is 7.57. The van der Waals surface area contributed by atoms with Gasteiger partial charge in [-0.05, 0) is 24.5 Å². The fourth-order valence-corrected chi connectivity index (χ4v) is 1.68. The predicted octanol–water partition coefficient (Wildman–Crippen LogP) is 2.81. The SMILES string of the molecule is CCc1cccc(C(=O)C(C)(CC)CN)c1. The molecule has 2 N–H and O–H groups in total. The average molecular weight is 219 g/mol. The summed E-state index contributed by atoms with van der Waals surface area (Å²) in [6, 6.07) is 7.85. The summed E-state index contributed by atoms with van der Waals surface area (Å²) in [6.07, 6.45) is 1.73. The molecule has 1 aromatic carbocycles. The lowest BCUT2D eigenvalue weighted by atomic mass is 9.80. The summed E-state index contributed by atoms with van der Waals surface area (Å²) in [5.74, 6) is 0.160. The summed E-state index contributed by atoms with van der Waals surface area (Å²) >= 11 is 0. The lowest BCUT2D eigenvalue weighted by Gasteiger charge is -2.24. The molecule has 0 aliphatic heterocycles. The van der Waals surface area contributed by atoms with Gasteiger partial charge in [0.1, 0.15) is 0 Å². The fourth-order valence-electron chi connectivity index (χ4n) is 1.68. The summed E-state index contributed by atoms with van der Waals surface area (Å²) in [4.78, 5) is 12.3. The predicted molar refractivity (Wildman–Crippen MR) is 67.6 cm³/mol. The molecule has 2 heteroatoms. The van der Waals surface area contributed by atoms with Gasteiger partial charge in [-0.15, -0.1) is 0 Å². The lowest BCUT2D eigenvalue weighted by molar-refractivity contribution is 0.0820. The van der Waals surface area contributed by atoms with Crippen molar-refractivity contribution in [3.63, 3.8) is 0 Å². The summed E-state index contributed by atoms with van der Waals surface area (Å²) < 4.78 is 0. The second kappa shape index (κ2) is 5.26. The van der Waals surface area contributed by atoms with E-state index in [2.05, 4.69) is 6.92 Å². The Labute approximate surface area is 97.9 Å². The molecule has 0 aliphatic rings. The molecule has 0 bridgehead atoms. The second-order valence-corrected chi connectivity index (χ2v) is 4.50. The molecule has 0 saturated carbocycles. The van der Waals surface area contributed by atoms with Crippen LogP contribution in [-0.4, -0.2) is 12.3 Å². The molecule has 1 rings (SSSR count). The molecule has 0 aliphatic carbocycles. The van der Waals surface area contributed by atoms with Crippen LogP contribution in [0.5, 0.6) is 0 Å². The van der Waals surface area contributed by atoms with E-state index in [1.165, 1.54) is 5.56 Å². The average Bonchev–Trinajstić information content (AvgIpc) is 2.37. The van der Waals surface area contributed by atoms with Gasteiger partial charge in [0.25, 0.3) is 0 Å². The van der Waals surface area contributed by atoms with Gasteiger partial charge >= 0.3 is 0 Å². The van der Waals surface area contributed by atoms with E-state index in [1.54, 1.807) is 0 Å². The third-order valence-electron chi connectivity index (χ3n) is 3.38. The maximum atomic E-state index is 12.3. The zero-order chi connectivity index (χ0) is 12.2. The molecule has 0 fully saturated rings. The van der Waals surface area contributed by atoms with E-state index in [-0.39, 0.29) is 5.78 Å². The Morgan fingerprint density at radius 1 is 1.38 bits per heavy atom. The number of Topliss-reactive ketones (excluding diaryl/α,β-unsaturated/α-hetero) is 1. The third-order valence-corrected chi connectivity index (χ3v) is 3.38. The van der Waals surface area contributed by atoms with Crippen molar-refractivity contribution in [2.45, 2.75) is 33.6 Å². The van der Waals surface area contributed by atoms with Crippen molar-refractivity contribution < 1.29 is 4.79 Å². The van der Waals surface area contributed by atoms with Crippen LogP contribution in [0.4, 0.5) is 0 Å². The van der Waals surface area contributed by atoms with Gasteiger partial charge in [0.2, 0.25) is 0 Å². The normalized spacial score (nSPS) is 14.5.